The first kappa shape index (κ1) is 30.1. The number of methoxy groups -OCH3 is 1. The molecule has 2 aliphatic rings. The number of amides is 3. The van der Waals surface area contributed by atoms with E-state index in [-0.39, 0.29) is 24.5 Å². The van der Waals surface area contributed by atoms with Gasteiger partial charge in [-0.1, -0.05) is 23.7 Å². The maximum atomic E-state index is 15.3. The van der Waals surface area contributed by atoms with Crippen molar-refractivity contribution in [2.75, 3.05) is 20.3 Å². The highest BCUT2D eigenvalue weighted by Crippen LogP contribution is 2.49. The van der Waals surface area contributed by atoms with Crippen molar-refractivity contribution in [3.63, 3.8) is 0 Å². The summed E-state index contributed by atoms with van der Waals surface area (Å²) in [6.45, 7) is 3.69. The van der Waals surface area contributed by atoms with Crippen LogP contribution in [-0.4, -0.2) is 83.9 Å². The fourth-order valence-corrected chi connectivity index (χ4v) is 5.47. The maximum absolute atomic E-state index is 15.3. The molecule has 0 aromatic heterocycles. The Hall–Kier alpha value is -2.48. The van der Waals surface area contributed by atoms with E-state index >= 15 is 4.39 Å². The molecule has 0 spiro atoms. The Labute approximate surface area is 223 Å². The predicted molar refractivity (Wildman–Crippen MR) is 130 cm³/mol. The summed E-state index contributed by atoms with van der Waals surface area (Å²) in [6, 6.07) is 4.06. The number of aliphatic hydroxyl groups is 1. The molecular formula is C22H30ClFN3O10P. The third-order valence-electron chi connectivity index (χ3n) is 5.50. The Kier molecular flexibility index (Phi) is 9.61. The Morgan fingerprint density at radius 1 is 1.34 bits per heavy atom. The third-order valence-corrected chi connectivity index (χ3v) is 7.54. The van der Waals surface area contributed by atoms with Crippen molar-refractivity contribution in [2.24, 2.45) is 0 Å². The van der Waals surface area contributed by atoms with Crippen LogP contribution in [0.25, 0.3) is 0 Å². The van der Waals surface area contributed by atoms with Crippen molar-refractivity contribution < 1.29 is 51.7 Å². The fourth-order valence-electron chi connectivity index (χ4n) is 3.65. The van der Waals surface area contributed by atoms with E-state index in [1.807, 2.05) is 5.32 Å². The molecule has 1 unspecified atom stereocenters. The molecule has 3 amide bonds. The number of carbonyl (C=O) groups is 3. The van der Waals surface area contributed by atoms with Crippen molar-refractivity contribution in [2.45, 2.75) is 62.9 Å². The van der Waals surface area contributed by atoms with Crippen LogP contribution < -0.4 is 19.7 Å². The van der Waals surface area contributed by atoms with Crippen molar-refractivity contribution in [3.8, 4) is 11.5 Å². The van der Waals surface area contributed by atoms with Gasteiger partial charge < -0.3 is 23.8 Å². The molecule has 2 fully saturated rings. The number of urea groups is 1. The summed E-state index contributed by atoms with van der Waals surface area (Å²) in [5.74, 6) is -1.12. The monoisotopic (exact) mass is 581 g/mol. The number of nitrogens with zero attached hydrogens (tertiary/aromatic N) is 1. The highest BCUT2D eigenvalue weighted by Gasteiger charge is 2.60. The number of rotatable bonds is 11. The first-order chi connectivity index (χ1) is 17.8. The molecule has 0 aliphatic carbocycles. The predicted octanol–water partition coefficient (Wildman–Crippen LogP) is 2.06. The molecule has 6 atom stereocenters. The van der Waals surface area contributed by atoms with Gasteiger partial charge in [0.1, 0.15) is 18.2 Å². The topological polar surface area (TPSA) is 162 Å². The van der Waals surface area contributed by atoms with E-state index in [1.165, 1.54) is 26.2 Å². The van der Waals surface area contributed by atoms with Crippen LogP contribution in [0.2, 0.25) is 0 Å². The maximum Gasteiger partial charge on any atom is 0.459 e. The normalized spacial score (nSPS) is 28.0. The number of carbonyl (C=O) groups excluding carboxylic acids is 3. The zero-order chi connectivity index (χ0) is 28.3. The second kappa shape index (κ2) is 12.1. The first-order valence-electron chi connectivity index (χ1n) is 11.6. The molecule has 2 aliphatic heterocycles. The lowest BCUT2D eigenvalue weighted by molar-refractivity contribution is -0.149. The van der Waals surface area contributed by atoms with Crippen LogP contribution in [0.4, 0.5) is 9.18 Å². The Morgan fingerprint density at radius 2 is 2.00 bits per heavy atom. The lowest BCUT2D eigenvalue weighted by Gasteiger charge is -2.34. The average Bonchev–Trinajstić information content (AvgIpc) is 3.06. The number of hydrogen-bond acceptors (Lipinski definition) is 10. The quantitative estimate of drug-likeness (QED) is 0.199. The molecule has 0 radical (unpaired) electrons. The summed E-state index contributed by atoms with van der Waals surface area (Å²) < 4.78 is 55.9. The molecule has 1 aromatic rings. The van der Waals surface area contributed by atoms with Crippen molar-refractivity contribution in [3.05, 3.63) is 24.3 Å². The molecule has 16 heteroatoms. The first-order valence-corrected chi connectivity index (χ1v) is 13.6. The molecule has 0 saturated carbocycles. The van der Waals surface area contributed by atoms with Crippen LogP contribution in [0.15, 0.2) is 24.3 Å². The average molecular weight is 582 g/mol. The van der Waals surface area contributed by atoms with Crippen LogP contribution in [0.5, 0.6) is 11.5 Å². The lowest BCUT2D eigenvalue weighted by atomic mass is 10.1. The van der Waals surface area contributed by atoms with E-state index in [0.29, 0.717) is 0 Å². The Morgan fingerprint density at radius 3 is 2.61 bits per heavy atom. The van der Waals surface area contributed by atoms with Gasteiger partial charge in [0.2, 0.25) is 5.91 Å². The number of benzene rings is 1. The van der Waals surface area contributed by atoms with Crippen LogP contribution in [0.1, 0.15) is 27.2 Å². The number of alkyl halides is 2. The molecular weight excluding hydrogens is 552 g/mol. The summed E-state index contributed by atoms with van der Waals surface area (Å²) in [4.78, 5) is 36.8. The van der Waals surface area contributed by atoms with Gasteiger partial charge >= 0.3 is 19.7 Å². The number of imide groups is 1. The number of ether oxygens (including phenoxy) is 3. The second-order valence-electron chi connectivity index (χ2n) is 8.81. The van der Waals surface area contributed by atoms with Crippen LogP contribution in [-0.2, 0) is 28.2 Å². The van der Waals surface area contributed by atoms with Crippen molar-refractivity contribution in [1.82, 2.24) is 15.3 Å². The van der Waals surface area contributed by atoms with E-state index in [9.17, 15) is 24.1 Å². The Bertz CT molecular complexity index is 1090. The number of aliphatic hydroxyl groups excluding tert-OH is 1. The number of esters is 1. The molecule has 3 N–H and O–H groups in total. The lowest BCUT2D eigenvalue weighted by Crippen LogP contribution is -2.58. The van der Waals surface area contributed by atoms with Crippen molar-refractivity contribution >= 4 is 37.3 Å². The standard InChI is InChI=1S/C22H30ClFN3O10P/c1-12(2)35-19(30)13(3)26-38(32,37-15-8-6-5-7-14(15)33-4)34-11-16-18(29)22(23,24)20(36-16)27-10-9-17(28)25-21(27)31/h5-8,12-13,16,18,20,29H,9-11H2,1-4H3,(H,26,32)(H,25,28,31)/t13-,16+,18+,20+,22+,38?/m0/s1. The minimum Gasteiger partial charge on any atom is -0.493 e. The van der Waals surface area contributed by atoms with Crippen LogP contribution >= 0.6 is 19.3 Å². The van der Waals surface area contributed by atoms with Gasteiger partial charge in [0.05, 0.1) is 19.8 Å². The van der Waals surface area contributed by atoms with Gasteiger partial charge in [0, 0.05) is 13.0 Å². The smallest absolute Gasteiger partial charge is 0.459 e. The number of hydrogen-bond donors (Lipinski definition) is 3. The largest absolute Gasteiger partial charge is 0.493 e. The minimum atomic E-state index is -4.45. The third kappa shape index (κ3) is 6.93. The zero-order valence-corrected chi connectivity index (χ0v) is 22.7. The molecule has 2 heterocycles. The van der Waals surface area contributed by atoms with E-state index in [0.717, 1.165) is 4.90 Å². The highest BCUT2D eigenvalue weighted by molar-refractivity contribution is 7.52. The van der Waals surface area contributed by atoms with E-state index < -0.39 is 68.0 Å². The van der Waals surface area contributed by atoms with E-state index in [4.69, 9.17) is 34.9 Å². The second-order valence-corrected chi connectivity index (χ2v) is 11.1. The summed E-state index contributed by atoms with van der Waals surface area (Å²) in [6.07, 6.45) is -5.94. The summed E-state index contributed by atoms with van der Waals surface area (Å²) in [5, 5.41) is 12.0. The van der Waals surface area contributed by atoms with Gasteiger partial charge in [0.25, 0.3) is 5.13 Å². The molecule has 2 saturated heterocycles. The molecule has 1 aromatic carbocycles. The van der Waals surface area contributed by atoms with Gasteiger partial charge in [-0.15, -0.1) is 0 Å². The van der Waals surface area contributed by atoms with Gasteiger partial charge in [-0.05, 0) is 32.9 Å². The number of para-hydroxylation sites is 2. The van der Waals surface area contributed by atoms with Gasteiger partial charge in [-0.2, -0.15) is 5.09 Å². The summed E-state index contributed by atoms with van der Waals surface area (Å²) >= 11 is 5.91. The minimum absolute atomic E-state index is 0.00661. The summed E-state index contributed by atoms with van der Waals surface area (Å²) in [7, 11) is -3.09. The number of nitrogens with one attached hydrogen (secondary N) is 2. The van der Waals surface area contributed by atoms with Crippen LogP contribution in [0.3, 0.4) is 0 Å². The van der Waals surface area contributed by atoms with Crippen LogP contribution in [0, 0.1) is 0 Å². The fraction of sp³-hybridized carbons (Fsp3) is 0.591. The zero-order valence-electron chi connectivity index (χ0n) is 21.1. The van der Waals surface area contributed by atoms with Gasteiger partial charge in [0.15, 0.2) is 17.7 Å². The highest BCUT2D eigenvalue weighted by atomic mass is 35.5. The van der Waals surface area contributed by atoms with Gasteiger partial charge in [-0.25, -0.2) is 13.8 Å². The summed E-state index contributed by atoms with van der Waals surface area (Å²) in [5.41, 5.74) is 0. The molecule has 212 valence electrons. The molecule has 0 bridgehead atoms. The molecule has 3 rings (SSSR count). The van der Waals surface area contributed by atoms with Gasteiger partial charge in [-0.3, -0.25) is 24.3 Å². The number of halogens is 2. The van der Waals surface area contributed by atoms with E-state index in [2.05, 4.69) is 5.09 Å². The molecule has 13 nitrogen and oxygen atoms in total. The SMILES string of the molecule is COc1ccccc1OP(=O)(N[C@@H](C)C(=O)OC(C)C)OC[C@H]1O[C@@H](N2CCC(=O)NC2=O)[C@@](F)(Cl)[C@@H]1O. The van der Waals surface area contributed by atoms with E-state index in [1.54, 1.807) is 26.0 Å². The Balaban J connectivity index is 1.79. The molecule has 38 heavy (non-hydrogen) atoms. The van der Waals surface area contributed by atoms with Crippen molar-refractivity contribution in [1.29, 1.82) is 0 Å².